The Labute approximate surface area is 125 Å². The van der Waals surface area contributed by atoms with Crippen LogP contribution in [0.5, 0.6) is 0 Å². The van der Waals surface area contributed by atoms with Gasteiger partial charge in [0, 0.05) is 6.42 Å². The molecule has 2 heterocycles. The Hall–Kier alpha value is -1.43. The first kappa shape index (κ1) is 15.9. The Morgan fingerprint density at radius 2 is 2.14 bits per heavy atom. The molecule has 2 fully saturated rings. The highest BCUT2D eigenvalue weighted by atomic mass is 16.2. The third-order valence-corrected chi connectivity index (χ3v) is 4.72. The van der Waals surface area contributed by atoms with E-state index in [1.807, 2.05) is 0 Å². The van der Waals surface area contributed by atoms with E-state index in [9.17, 15) is 14.4 Å². The largest absolute Gasteiger partial charge is 0.319 e. The first-order valence-corrected chi connectivity index (χ1v) is 7.68. The number of piperidine rings is 1. The second-order valence-corrected chi connectivity index (χ2v) is 6.70. The Bertz CT molecular complexity index is 441. The van der Waals surface area contributed by atoms with E-state index in [1.54, 1.807) is 13.8 Å². The fraction of sp³-hybridized carbons (Fsp3) is 0.800. The summed E-state index contributed by atoms with van der Waals surface area (Å²) in [5.74, 6) is -0.179. The van der Waals surface area contributed by atoms with Crippen LogP contribution in [0.1, 0.15) is 40.0 Å². The molecule has 2 aliphatic heterocycles. The normalized spacial score (nSPS) is 27.2. The fourth-order valence-corrected chi connectivity index (χ4v) is 3.10. The molecule has 2 saturated heterocycles. The molecule has 0 aromatic heterocycles. The van der Waals surface area contributed by atoms with E-state index < -0.39 is 17.4 Å². The number of hydrogen-bond donors (Lipinski definition) is 2. The lowest BCUT2D eigenvalue weighted by molar-refractivity contribution is -0.156. The highest BCUT2D eigenvalue weighted by molar-refractivity contribution is 6.06. The molecular weight excluding hydrogens is 270 g/mol. The third kappa shape index (κ3) is 3.43. The van der Waals surface area contributed by atoms with E-state index in [1.165, 1.54) is 4.90 Å². The van der Waals surface area contributed by atoms with Gasteiger partial charge in [-0.2, -0.15) is 0 Å². The average Bonchev–Trinajstić information content (AvgIpc) is 2.44. The van der Waals surface area contributed by atoms with Crippen molar-refractivity contribution >= 4 is 17.7 Å². The zero-order valence-corrected chi connectivity index (χ0v) is 13.1. The summed E-state index contributed by atoms with van der Waals surface area (Å²) in [7, 11) is 0. The lowest BCUT2D eigenvalue weighted by Gasteiger charge is -2.41. The highest BCUT2D eigenvalue weighted by Crippen LogP contribution is 2.26. The number of carbonyl (C=O) groups excluding carboxylic acids is 3. The molecule has 21 heavy (non-hydrogen) atoms. The first-order valence-electron chi connectivity index (χ1n) is 7.68. The number of nitrogens with zero attached hydrogens (tertiary/aromatic N) is 1. The van der Waals surface area contributed by atoms with Gasteiger partial charge in [0.1, 0.15) is 12.1 Å². The van der Waals surface area contributed by atoms with Crippen molar-refractivity contribution in [1.82, 2.24) is 15.5 Å². The molecule has 0 saturated carbocycles. The lowest BCUT2D eigenvalue weighted by Crippen LogP contribution is -2.65. The third-order valence-electron chi connectivity index (χ3n) is 4.72. The van der Waals surface area contributed by atoms with Crippen molar-refractivity contribution in [1.29, 1.82) is 0 Å². The van der Waals surface area contributed by atoms with Crippen molar-refractivity contribution in [3.8, 4) is 0 Å². The smallest absolute Gasteiger partial charge is 0.252 e. The minimum absolute atomic E-state index is 0.0345. The van der Waals surface area contributed by atoms with Crippen LogP contribution in [-0.4, -0.2) is 47.8 Å². The van der Waals surface area contributed by atoms with Gasteiger partial charge in [-0.15, -0.1) is 0 Å². The summed E-state index contributed by atoms with van der Waals surface area (Å²) in [5.41, 5.74) is -0.963. The van der Waals surface area contributed by atoms with E-state index in [-0.39, 0.29) is 18.4 Å². The summed E-state index contributed by atoms with van der Waals surface area (Å²) in [5, 5.41) is 5.65. The number of carbonyl (C=O) groups is 3. The van der Waals surface area contributed by atoms with Gasteiger partial charge in [-0.25, -0.2) is 0 Å². The molecule has 0 aromatic carbocycles. The molecule has 0 aliphatic carbocycles. The Balaban J connectivity index is 2.00. The quantitative estimate of drug-likeness (QED) is 0.733. The standard InChI is InChI=1S/C15H25N3O3/c1-10(11-5-4-6-16-8-11)7-13(20)18-9-12(19)17-14(21)15(18,2)3/h10-11,16H,4-9H2,1-3H3,(H,17,19,21). The molecule has 0 aromatic rings. The van der Waals surface area contributed by atoms with E-state index >= 15 is 0 Å². The van der Waals surface area contributed by atoms with Crippen LogP contribution in [0.3, 0.4) is 0 Å². The van der Waals surface area contributed by atoms with Crippen LogP contribution < -0.4 is 10.6 Å². The van der Waals surface area contributed by atoms with Crippen LogP contribution >= 0.6 is 0 Å². The molecule has 2 atom stereocenters. The SMILES string of the molecule is CC(CC(=O)N1CC(=O)NC(=O)C1(C)C)C1CCCNC1. The van der Waals surface area contributed by atoms with Gasteiger partial charge in [-0.3, -0.25) is 19.7 Å². The van der Waals surface area contributed by atoms with Crippen molar-refractivity contribution in [2.75, 3.05) is 19.6 Å². The number of piperazine rings is 1. The second kappa shape index (κ2) is 6.13. The maximum Gasteiger partial charge on any atom is 0.252 e. The predicted molar refractivity (Wildman–Crippen MR) is 78.3 cm³/mol. The van der Waals surface area contributed by atoms with Crippen molar-refractivity contribution in [3.05, 3.63) is 0 Å². The van der Waals surface area contributed by atoms with Crippen LogP contribution in [-0.2, 0) is 14.4 Å². The summed E-state index contributed by atoms with van der Waals surface area (Å²) >= 11 is 0. The Morgan fingerprint density at radius 1 is 1.43 bits per heavy atom. The van der Waals surface area contributed by atoms with Crippen molar-refractivity contribution in [3.63, 3.8) is 0 Å². The van der Waals surface area contributed by atoms with E-state index in [2.05, 4.69) is 17.6 Å². The Morgan fingerprint density at radius 3 is 2.76 bits per heavy atom. The van der Waals surface area contributed by atoms with Gasteiger partial charge in [0.25, 0.3) is 5.91 Å². The average molecular weight is 295 g/mol. The zero-order chi connectivity index (χ0) is 15.6. The van der Waals surface area contributed by atoms with Crippen molar-refractivity contribution < 1.29 is 14.4 Å². The lowest BCUT2D eigenvalue weighted by atomic mass is 9.84. The second-order valence-electron chi connectivity index (χ2n) is 6.70. The molecule has 2 aliphatic rings. The van der Waals surface area contributed by atoms with Gasteiger partial charge in [-0.05, 0) is 51.6 Å². The van der Waals surface area contributed by atoms with Crippen LogP contribution in [0.2, 0.25) is 0 Å². The topological polar surface area (TPSA) is 78.5 Å². The summed E-state index contributed by atoms with van der Waals surface area (Å²) in [6, 6.07) is 0. The molecule has 2 rings (SSSR count). The fourth-order valence-electron chi connectivity index (χ4n) is 3.10. The Kier molecular flexibility index (Phi) is 4.66. The molecule has 6 heteroatoms. The van der Waals surface area contributed by atoms with Gasteiger partial charge in [-0.1, -0.05) is 6.92 Å². The van der Waals surface area contributed by atoms with Gasteiger partial charge >= 0.3 is 0 Å². The van der Waals surface area contributed by atoms with Crippen LogP contribution in [0.4, 0.5) is 0 Å². The number of hydrogen-bond acceptors (Lipinski definition) is 4. The molecule has 3 amide bonds. The molecule has 2 unspecified atom stereocenters. The minimum Gasteiger partial charge on any atom is -0.319 e. The summed E-state index contributed by atoms with van der Waals surface area (Å²) < 4.78 is 0. The molecule has 0 bridgehead atoms. The molecule has 0 spiro atoms. The predicted octanol–water partition coefficient (Wildman–Crippen LogP) is 0.276. The van der Waals surface area contributed by atoms with Crippen molar-refractivity contribution in [2.24, 2.45) is 11.8 Å². The van der Waals surface area contributed by atoms with Crippen LogP contribution in [0, 0.1) is 11.8 Å². The number of nitrogens with one attached hydrogen (secondary N) is 2. The summed E-state index contributed by atoms with van der Waals surface area (Å²) in [4.78, 5) is 37.4. The van der Waals surface area contributed by atoms with Gasteiger partial charge < -0.3 is 10.2 Å². The summed E-state index contributed by atoms with van der Waals surface area (Å²) in [6.45, 7) is 7.39. The van der Waals surface area contributed by atoms with Crippen molar-refractivity contribution in [2.45, 2.75) is 45.6 Å². The summed E-state index contributed by atoms with van der Waals surface area (Å²) in [6.07, 6.45) is 2.65. The van der Waals surface area contributed by atoms with E-state index in [4.69, 9.17) is 0 Å². The number of imide groups is 1. The number of amides is 3. The molecule has 6 nitrogen and oxygen atoms in total. The number of rotatable bonds is 3. The zero-order valence-electron chi connectivity index (χ0n) is 13.1. The molecular formula is C15H25N3O3. The molecule has 0 radical (unpaired) electrons. The molecule has 118 valence electrons. The minimum atomic E-state index is -0.963. The van der Waals surface area contributed by atoms with E-state index in [0.29, 0.717) is 12.3 Å². The maximum absolute atomic E-state index is 12.5. The molecule has 2 N–H and O–H groups in total. The highest BCUT2D eigenvalue weighted by Gasteiger charge is 2.43. The van der Waals surface area contributed by atoms with E-state index in [0.717, 1.165) is 25.9 Å². The monoisotopic (exact) mass is 295 g/mol. The maximum atomic E-state index is 12.5. The van der Waals surface area contributed by atoms with Crippen LogP contribution in [0.25, 0.3) is 0 Å². The van der Waals surface area contributed by atoms with Crippen LogP contribution in [0.15, 0.2) is 0 Å². The first-order chi connectivity index (χ1) is 9.82. The van der Waals surface area contributed by atoms with Gasteiger partial charge in [0.15, 0.2) is 0 Å². The van der Waals surface area contributed by atoms with Gasteiger partial charge in [0.2, 0.25) is 11.8 Å². The van der Waals surface area contributed by atoms with Gasteiger partial charge in [0.05, 0.1) is 0 Å².